The highest BCUT2D eigenvalue weighted by atomic mass is 35.5. The lowest BCUT2D eigenvalue weighted by Gasteiger charge is -2.29. The zero-order chi connectivity index (χ0) is 24.8. The lowest BCUT2D eigenvalue weighted by atomic mass is 9.95. The van der Waals surface area contributed by atoms with Crippen LogP contribution in [0.15, 0.2) is 54.1 Å². The van der Waals surface area contributed by atoms with Gasteiger partial charge in [-0.3, -0.25) is 14.5 Å². The van der Waals surface area contributed by atoms with Crippen LogP contribution >= 0.6 is 11.6 Å². The molecule has 2 fully saturated rings. The lowest BCUT2D eigenvalue weighted by molar-refractivity contribution is -0.140. The lowest BCUT2D eigenvalue weighted by Crippen LogP contribution is -2.38. The number of rotatable bonds is 9. The van der Waals surface area contributed by atoms with Crippen molar-refractivity contribution in [2.75, 3.05) is 46.0 Å². The molecule has 2 saturated heterocycles. The topological polar surface area (TPSA) is 79.3 Å². The number of aliphatic hydroxyl groups is 1. The van der Waals surface area contributed by atoms with Crippen LogP contribution in [-0.2, 0) is 14.3 Å². The van der Waals surface area contributed by atoms with Crippen molar-refractivity contribution in [1.82, 2.24) is 9.80 Å². The number of halogens is 1. The van der Waals surface area contributed by atoms with Crippen molar-refractivity contribution in [2.24, 2.45) is 0 Å². The van der Waals surface area contributed by atoms with Gasteiger partial charge in [-0.05, 0) is 42.7 Å². The van der Waals surface area contributed by atoms with E-state index in [0.29, 0.717) is 49.1 Å². The zero-order valence-electron chi connectivity index (χ0n) is 19.9. The van der Waals surface area contributed by atoms with E-state index in [1.807, 2.05) is 6.92 Å². The Morgan fingerprint density at radius 1 is 1.11 bits per heavy atom. The average molecular weight is 499 g/mol. The molecule has 2 aromatic carbocycles. The van der Waals surface area contributed by atoms with Gasteiger partial charge in [0.05, 0.1) is 31.4 Å². The van der Waals surface area contributed by atoms with Crippen LogP contribution in [0.4, 0.5) is 0 Å². The number of hydrogen-bond donors (Lipinski definition) is 1. The van der Waals surface area contributed by atoms with Gasteiger partial charge < -0.3 is 19.5 Å². The predicted octanol–water partition coefficient (Wildman–Crippen LogP) is 4.27. The number of carbonyl (C=O) groups is 2. The van der Waals surface area contributed by atoms with Gasteiger partial charge in [0.25, 0.3) is 11.7 Å². The molecule has 186 valence electrons. The first-order valence-corrected chi connectivity index (χ1v) is 12.4. The highest BCUT2D eigenvalue weighted by Crippen LogP contribution is 2.40. The molecule has 1 atom stereocenters. The maximum absolute atomic E-state index is 13.2. The number of carbonyl (C=O) groups excluding carboxylic acids is 2. The molecule has 35 heavy (non-hydrogen) atoms. The Labute approximate surface area is 210 Å². The van der Waals surface area contributed by atoms with E-state index in [1.165, 1.54) is 0 Å². The number of nitrogens with zero attached hydrogens (tertiary/aromatic N) is 2. The van der Waals surface area contributed by atoms with Gasteiger partial charge in [0.15, 0.2) is 0 Å². The van der Waals surface area contributed by atoms with Gasteiger partial charge >= 0.3 is 0 Å². The number of ether oxygens (including phenoxy) is 2. The van der Waals surface area contributed by atoms with Crippen molar-refractivity contribution in [2.45, 2.75) is 25.8 Å². The summed E-state index contributed by atoms with van der Waals surface area (Å²) in [6.07, 6.45) is 1.56. The summed E-state index contributed by atoms with van der Waals surface area (Å²) in [4.78, 5) is 30.2. The van der Waals surface area contributed by atoms with Gasteiger partial charge in [-0.15, -0.1) is 0 Å². The van der Waals surface area contributed by atoms with E-state index in [4.69, 9.17) is 21.1 Å². The first kappa shape index (κ1) is 25.2. The first-order valence-electron chi connectivity index (χ1n) is 12.1. The normalized spacial score (nSPS) is 20.4. The standard InChI is InChI=1S/C27H31ClN2O5/c1-2-15-35-22-6-3-5-20(18-22)25(31)23-24(19-7-9-21(28)10-8-19)30(27(33)26(23)32)12-4-11-29-13-16-34-17-14-29/h3,5-10,18,24,31H,2,4,11-17H2,1H3/b25-23+. The van der Waals surface area contributed by atoms with Crippen LogP contribution in [0.1, 0.15) is 36.9 Å². The smallest absolute Gasteiger partial charge is 0.295 e. The van der Waals surface area contributed by atoms with E-state index < -0.39 is 17.7 Å². The highest BCUT2D eigenvalue weighted by molar-refractivity contribution is 6.46. The zero-order valence-corrected chi connectivity index (χ0v) is 20.7. The molecule has 8 heteroatoms. The Balaban J connectivity index is 1.65. The van der Waals surface area contributed by atoms with Crippen molar-refractivity contribution in [1.29, 1.82) is 0 Å². The van der Waals surface area contributed by atoms with Crippen LogP contribution in [0.2, 0.25) is 5.02 Å². The summed E-state index contributed by atoms with van der Waals surface area (Å²) >= 11 is 6.10. The van der Waals surface area contributed by atoms with Crippen LogP contribution in [0.5, 0.6) is 5.75 Å². The molecule has 4 rings (SSSR count). The minimum Gasteiger partial charge on any atom is -0.507 e. The van der Waals surface area contributed by atoms with Crippen molar-refractivity contribution in [3.63, 3.8) is 0 Å². The first-order chi connectivity index (χ1) is 17.0. The summed E-state index contributed by atoms with van der Waals surface area (Å²) in [7, 11) is 0. The summed E-state index contributed by atoms with van der Waals surface area (Å²) in [6.45, 7) is 6.87. The Bertz CT molecular complexity index is 1080. The van der Waals surface area contributed by atoms with Gasteiger partial charge in [-0.1, -0.05) is 42.8 Å². The van der Waals surface area contributed by atoms with Gasteiger partial charge in [0, 0.05) is 36.8 Å². The van der Waals surface area contributed by atoms with Crippen LogP contribution in [0.3, 0.4) is 0 Å². The number of aliphatic hydroxyl groups excluding tert-OH is 1. The van der Waals surface area contributed by atoms with Crippen molar-refractivity contribution >= 4 is 29.1 Å². The van der Waals surface area contributed by atoms with E-state index in [-0.39, 0.29) is 11.3 Å². The molecule has 0 spiro atoms. The Morgan fingerprint density at radius 2 is 1.86 bits per heavy atom. The molecule has 0 bridgehead atoms. The average Bonchev–Trinajstić information content (AvgIpc) is 3.13. The third-order valence-corrected chi connectivity index (χ3v) is 6.54. The van der Waals surface area contributed by atoms with E-state index in [0.717, 1.165) is 31.6 Å². The number of ketones is 1. The molecule has 7 nitrogen and oxygen atoms in total. The maximum atomic E-state index is 13.2. The van der Waals surface area contributed by atoms with Crippen LogP contribution in [0, 0.1) is 0 Å². The summed E-state index contributed by atoms with van der Waals surface area (Å²) in [5.41, 5.74) is 1.24. The summed E-state index contributed by atoms with van der Waals surface area (Å²) < 4.78 is 11.1. The minimum atomic E-state index is -0.697. The Morgan fingerprint density at radius 3 is 2.57 bits per heavy atom. The van der Waals surface area contributed by atoms with Crippen molar-refractivity contribution in [3.8, 4) is 5.75 Å². The molecule has 2 aliphatic heterocycles. The molecule has 2 aromatic rings. The van der Waals surface area contributed by atoms with Crippen LogP contribution in [-0.4, -0.2) is 72.6 Å². The monoisotopic (exact) mass is 498 g/mol. The second kappa shape index (κ2) is 11.7. The fraction of sp³-hybridized carbons (Fsp3) is 0.407. The Kier molecular flexibility index (Phi) is 8.44. The highest BCUT2D eigenvalue weighted by Gasteiger charge is 2.45. The fourth-order valence-corrected chi connectivity index (χ4v) is 4.63. The number of likely N-dealkylation sites (tertiary alicyclic amines) is 1. The number of morpholine rings is 1. The second-order valence-corrected chi connectivity index (χ2v) is 9.16. The van der Waals surface area contributed by atoms with E-state index >= 15 is 0 Å². The van der Waals surface area contributed by atoms with Gasteiger partial charge in [0.2, 0.25) is 0 Å². The number of hydrogen-bond acceptors (Lipinski definition) is 6. The fourth-order valence-electron chi connectivity index (χ4n) is 4.50. The number of Topliss-reactive ketones (excluding diaryl/α,β-unsaturated/α-hetero) is 1. The second-order valence-electron chi connectivity index (χ2n) is 8.73. The molecule has 1 amide bonds. The summed E-state index contributed by atoms with van der Waals surface area (Å²) in [5.74, 6) is -0.903. The molecular formula is C27H31ClN2O5. The van der Waals surface area contributed by atoms with E-state index in [9.17, 15) is 14.7 Å². The van der Waals surface area contributed by atoms with Crippen molar-refractivity contribution < 1.29 is 24.2 Å². The quantitative estimate of drug-likeness (QED) is 0.316. The Hall–Kier alpha value is -2.87. The number of amides is 1. The number of benzene rings is 2. The SMILES string of the molecule is CCCOc1cccc(/C(O)=C2\C(=O)C(=O)N(CCCN3CCOCC3)C2c2ccc(Cl)cc2)c1. The third kappa shape index (κ3) is 5.86. The predicted molar refractivity (Wildman–Crippen MR) is 135 cm³/mol. The molecule has 0 saturated carbocycles. The van der Waals surface area contributed by atoms with Crippen LogP contribution in [0.25, 0.3) is 5.76 Å². The molecule has 1 N–H and O–H groups in total. The molecular weight excluding hydrogens is 468 g/mol. The molecule has 0 aliphatic carbocycles. The third-order valence-electron chi connectivity index (χ3n) is 6.28. The molecule has 0 radical (unpaired) electrons. The molecule has 2 aliphatic rings. The molecule has 2 heterocycles. The summed E-state index contributed by atoms with van der Waals surface area (Å²) in [5, 5.41) is 11.8. The van der Waals surface area contributed by atoms with Gasteiger partial charge in [0.1, 0.15) is 11.5 Å². The van der Waals surface area contributed by atoms with E-state index in [2.05, 4.69) is 4.90 Å². The molecule has 0 aromatic heterocycles. The van der Waals surface area contributed by atoms with Crippen LogP contribution < -0.4 is 4.74 Å². The minimum absolute atomic E-state index is 0.0799. The maximum Gasteiger partial charge on any atom is 0.295 e. The van der Waals surface area contributed by atoms with E-state index in [1.54, 1.807) is 53.4 Å². The van der Waals surface area contributed by atoms with Gasteiger partial charge in [-0.25, -0.2) is 0 Å². The largest absolute Gasteiger partial charge is 0.507 e. The molecule has 1 unspecified atom stereocenters. The van der Waals surface area contributed by atoms with Crippen molar-refractivity contribution in [3.05, 3.63) is 70.3 Å². The van der Waals surface area contributed by atoms with Gasteiger partial charge in [-0.2, -0.15) is 0 Å². The summed E-state index contributed by atoms with van der Waals surface area (Å²) in [6, 6.07) is 13.3.